The molecule has 0 radical (unpaired) electrons. The predicted octanol–water partition coefficient (Wildman–Crippen LogP) is 2.57. The summed E-state index contributed by atoms with van der Waals surface area (Å²) in [6, 6.07) is 6.89. The molecule has 1 unspecified atom stereocenters. The molecule has 0 fully saturated rings. The molecule has 1 rings (SSSR count). The summed E-state index contributed by atoms with van der Waals surface area (Å²) in [6.07, 6.45) is 0. The summed E-state index contributed by atoms with van der Waals surface area (Å²) >= 11 is 7.02. The molecule has 0 aliphatic rings. The number of hydrogen-bond donors (Lipinski definition) is 1. The SMILES string of the molecule is COC(=O)C(C)SCC(=O)Nc1cccc(Cl)c1. The van der Waals surface area contributed by atoms with Gasteiger partial charge < -0.3 is 10.1 Å². The Morgan fingerprint density at radius 1 is 1.50 bits per heavy atom. The van der Waals surface area contributed by atoms with Crippen molar-refractivity contribution in [3.63, 3.8) is 0 Å². The fraction of sp³-hybridized carbons (Fsp3) is 0.333. The third-order valence-corrected chi connectivity index (χ3v) is 3.46. The number of amides is 1. The Kier molecular flexibility index (Phi) is 6.01. The minimum absolute atomic E-state index is 0.182. The first-order chi connectivity index (χ1) is 8.52. The van der Waals surface area contributed by atoms with Crippen molar-refractivity contribution in [2.45, 2.75) is 12.2 Å². The van der Waals surface area contributed by atoms with Crippen molar-refractivity contribution < 1.29 is 14.3 Å². The van der Waals surface area contributed by atoms with Gasteiger partial charge in [-0.1, -0.05) is 17.7 Å². The van der Waals surface area contributed by atoms with Crippen molar-refractivity contribution in [3.8, 4) is 0 Å². The van der Waals surface area contributed by atoms with Crippen LogP contribution < -0.4 is 5.32 Å². The van der Waals surface area contributed by atoms with Crippen LogP contribution in [0.25, 0.3) is 0 Å². The number of benzene rings is 1. The number of anilines is 1. The largest absolute Gasteiger partial charge is 0.468 e. The van der Waals surface area contributed by atoms with Gasteiger partial charge in [0.1, 0.15) is 5.25 Å². The molecule has 1 atom stereocenters. The van der Waals surface area contributed by atoms with E-state index in [1.165, 1.54) is 18.9 Å². The molecule has 0 spiro atoms. The Morgan fingerprint density at radius 2 is 2.22 bits per heavy atom. The molecule has 98 valence electrons. The molecule has 0 aliphatic heterocycles. The van der Waals surface area contributed by atoms with Crippen molar-refractivity contribution in [1.82, 2.24) is 0 Å². The van der Waals surface area contributed by atoms with Crippen molar-refractivity contribution in [1.29, 1.82) is 0 Å². The van der Waals surface area contributed by atoms with Crippen LogP contribution in [0.2, 0.25) is 5.02 Å². The molecule has 1 aromatic carbocycles. The summed E-state index contributed by atoms with van der Waals surface area (Å²) < 4.78 is 4.57. The van der Waals surface area contributed by atoms with Crippen LogP contribution in [0.4, 0.5) is 5.69 Å². The van der Waals surface area contributed by atoms with Crippen molar-refractivity contribution in [3.05, 3.63) is 29.3 Å². The number of thioether (sulfide) groups is 1. The van der Waals surface area contributed by atoms with E-state index in [0.717, 1.165) is 0 Å². The average Bonchev–Trinajstić information content (AvgIpc) is 2.35. The molecule has 4 nitrogen and oxygen atoms in total. The van der Waals surface area contributed by atoms with E-state index in [-0.39, 0.29) is 22.9 Å². The van der Waals surface area contributed by atoms with Crippen LogP contribution in [0.3, 0.4) is 0 Å². The highest BCUT2D eigenvalue weighted by atomic mass is 35.5. The van der Waals surface area contributed by atoms with Crippen molar-refractivity contribution in [2.75, 3.05) is 18.2 Å². The minimum Gasteiger partial charge on any atom is -0.468 e. The first kappa shape index (κ1) is 14.9. The van der Waals surface area contributed by atoms with Gasteiger partial charge in [-0.05, 0) is 25.1 Å². The molecule has 18 heavy (non-hydrogen) atoms. The van der Waals surface area contributed by atoms with Crippen LogP contribution >= 0.6 is 23.4 Å². The van der Waals surface area contributed by atoms with Crippen LogP contribution in [-0.4, -0.2) is 30.0 Å². The van der Waals surface area contributed by atoms with Gasteiger partial charge >= 0.3 is 5.97 Å². The number of carbonyl (C=O) groups is 2. The number of rotatable bonds is 5. The highest BCUT2D eigenvalue weighted by molar-refractivity contribution is 8.01. The summed E-state index contributed by atoms with van der Waals surface area (Å²) in [5.74, 6) is -0.337. The molecule has 0 aromatic heterocycles. The van der Waals surface area contributed by atoms with Crippen LogP contribution in [0.1, 0.15) is 6.92 Å². The second-order valence-electron chi connectivity index (χ2n) is 3.53. The number of carbonyl (C=O) groups excluding carboxylic acids is 2. The van der Waals surface area contributed by atoms with E-state index in [0.29, 0.717) is 10.7 Å². The minimum atomic E-state index is -0.361. The van der Waals surface area contributed by atoms with Crippen molar-refractivity contribution in [2.24, 2.45) is 0 Å². The number of methoxy groups -OCH3 is 1. The number of nitrogens with one attached hydrogen (secondary N) is 1. The van der Waals surface area contributed by atoms with E-state index >= 15 is 0 Å². The Hall–Kier alpha value is -1.20. The van der Waals surface area contributed by atoms with E-state index in [9.17, 15) is 9.59 Å². The van der Waals surface area contributed by atoms with Crippen LogP contribution in [0.15, 0.2) is 24.3 Å². The number of hydrogen-bond acceptors (Lipinski definition) is 4. The molecule has 6 heteroatoms. The fourth-order valence-corrected chi connectivity index (χ4v) is 2.09. The lowest BCUT2D eigenvalue weighted by Gasteiger charge is -2.09. The highest BCUT2D eigenvalue weighted by Crippen LogP contribution is 2.16. The summed E-state index contributed by atoms with van der Waals surface area (Å²) in [5.41, 5.74) is 0.638. The van der Waals surface area contributed by atoms with Gasteiger partial charge in [0.2, 0.25) is 5.91 Å². The average molecular weight is 288 g/mol. The lowest BCUT2D eigenvalue weighted by atomic mass is 10.3. The monoisotopic (exact) mass is 287 g/mol. The standard InChI is InChI=1S/C12H14ClNO3S/c1-8(12(16)17-2)18-7-11(15)14-10-5-3-4-9(13)6-10/h3-6,8H,7H2,1-2H3,(H,14,15). The Labute approximate surface area is 115 Å². The lowest BCUT2D eigenvalue weighted by Crippen LogP contribution is -2.20. The smallest absolute Gasteiger partial charge is 0.318 e. The summed E-state index contributed by atoms with van der Waals surface area (Å²) in [5, 5.41) is 2.90. The zero-order valence-electron chi connectivity index (χ0n) is 10.1. The molecule has 0 bridgehead atoms. The number of esters is 1. The van der Waals surface area contributed by atoms with Gasteiger partial charge in [0.05, 0.1) is 12.9 Å². The summed E-state index contributed by atoms with van der Waals surface area (Å²) in [7, 11) is 1.32. The third kappa shape index (κ3) is 4.98. The van der Waals surface area contributed by atoms with E-state index in [1.807, 2.05) is 0 Å². The topological polar surface area (TPSA) is 55.4 Å². The van der Waals surface area contributed by atoms with Gasteiger partial charge in [-0.2, -0.15) is 0 Å². The van der Waals surface area contributed by atoms with Crippen molar-refractivity contribution >= 4 is 40.9 Å². The number of halogens is 1. The van der Waals surface area contributed by atoms with Gasteiger partial charge in [0.15, 0.2) is 0 Å². The molecular formula is C12H14ClNO3S. The second-order valence-corrected chi connectivity index (χ2v) is 5.30. The van der Waals surface area contributed by atoms with Gasteiger partial charge in [0.25, 0.3) is 0 Å². The lowest BCUT2D eigenvalue weighted by molar-refractivity contribution is -0.139. The maximum atomic E-state index is 11.6. The maximum Gasteiger partial charge on any atom is 0.318 e. The molecule has 0 saturated heterocycles. The fourth-order valence-electron chi connectivity index (χ4n) is 1.20. The molecular weight excluding hydrogens is 274 g/mol. The van der Waals surface area contributed by atoms with E-state index in [1.54, 1.807) is 31.2 Å². The van der Waals surface area contributed by atoms with Gasteiger partial charge in [-0.3, -0.25) is 9.59 Å². The molecule has 0 saturated carbocycles. The van der Waals surface area contributed by atoms with Gasteiger partial charge in [0, 0.05) is 10.7 Å². The van der Waals surface area contributed by atoms with E-state index in [2.05, 4.69) is 10.1 Å². The molecule has 1 N–H and O–H groups in total. The third-order valence-electron chi connectivity index (χ3n) is 2.11. The first-order valence-electron chi connectivity index (χ1n) is 5.27. The zero-order chi connectivity index (χ0) is 13.5. The quantitative estimate of drug-likeness (QED) is 0.846. The van der Waals surface area contributed by atoms with E-state index < -0.39 is 0 Å². The second kappa shape index (κ2) is 7.28. The van der Waals surface area contributed by atoms with Crippen LogP contribution in [0, 0.1) is 0 Å². The summed E-state index contributed by atoms with van der Waals surface area (Å²) in [4.78, 5) is 22.7. The Bertz CT molecular complexity index is 439. The van der Waals surface area contributed by atoms with Gasteiger partial charge in [-0.15, -0.1) is 11.8 Å². The van der Waals surface area contributed by atoms with Crippen LogP contribution in [-0.2, 0) is 14.3 Å². The molecule has 0 aliphatic carbocycles. The summed E-state index contributed by atoms with van der Waals surface area (Å²) in [6.45, 7) is 1.70. The Balaban J connectivity index is 2.41. The molecule has 1 amide bonds. The molecule has 1 aromatic rings. The van der Waals surface area contributed by atoms with E-state index in [4.69, 9.17) is 11.6 Å². The maximum absolute atomic E-state index is 11.6. The first-order valence-corrected chi connectivity index (χ1v) is 6.70. The normalized spacial score (nSPS) is 11.7. The van der Waals surface area contributed by atoms with Crippen LogP contribution in [0.5, 0.6) is 0 Å². The zero-order valence-corrected chi connectivity index (χ0v) is 11.7. The predicted molar refractivity (Wildman–Crippen MR) is 74.0 cm³/mol. The number of ether oxygens (including phenoxy) is 1. The Morgan fingerprint density at radius 3 is 2.83 bits per heavy atom. The molecule has 0 heterocycles. The van der Waals surface area contributed by atoms with Gasteiger partial charge in [-0.25, -0.2) is 0 Å². The highest BCUT2D eigenvalue weighted by Gasteiger charge is 2.15.